The highest BCUT2D eigenvalue weighted by atomic mass is 35.5. The molecule has 3 rings (SSSR count). The van der Waals surface area contributed by atoms with Crippen molar-refractivity contribution in [2.45, 2.75) is 45.1 Å². The smallest absolute Gasteiger partial charge is 0.220 e. The largest absolute Gasteiger partial charge is 0.371 e. The number of hydrogen-bond donors (Lipinski definition) is 2. The van der Waals surface area contributed by atoms with Crippen molar-refractivity contribution in [3.05, 3.63) is 30.3 Å². The molecule has 1 aromatic rings. The van der Waals surface area contributed by atoms with Gasteiger partial charge in [0.2, 0.25) is 5.91 Å². The van der Waals surface area contributed by atoms with E-state index in [9.17, 15) is 4.79 Å². The first-order valence-electron chi connectivity index (χ1n) is 9.52. The zero-order valence-electron chi connectivity index (χ0n) is 15.7. The molecule has 26 heavy (non-hydrogen) atoms. The van der Waals surface area contributed by atoms with Gasteiger partial charge in [-0.05, 0) is 62.7 Å². The average Bonchev–Trinajstić information content (AvgIpc) is 2.64. The van der Waals surface area contributed by atoms with Gasteiger partial charge in [0.05, 0.1) is 0 Å². The number of amides is 1. The molecule has 6 heteroatoms. The number of anilines is 1. The number of rotatable bonds is 5. The van der Waals surface area contributed by atoms with E-state index in [1.165, 1.54) is 18.5 Å². The van der Waals surface area contributed by atoms with Crippen LogP contribution in [-0.2, 0) is 4.79 Å². The minimum Gasteiger partial charge on any atom is -0.371 e. The molecule has 0 radical (unpaired) electrons. The molecule has 2 fully saturated rings. The molecule has 2 heterocycles. The Labute approximate surface area is 170 Å². The number of piperidine rings is 2. The second-order valence-corrected chi connectivity index (χ2v) is 7.43. The number of nitrogens with zero attached hydrogens (tertiary/aromatic N) is 1. The molecule has 1 aromatic carbocycles. The topological polar surface area (TPSA) is 44.4 Å². The summed E-state index contributed by atoms with van der Waals surface area (Å²) in [6, 6.07) is 10.9. The first-order valence-corrected chi connectivity index (χ1v) is 9.52. The van der Waals surface area contributed by atoms with Gasteiger partial charge in [0.25, 0.3) is 0 Å². The molecule has 0 saturated carbocycles. The molecule has 4 nitrogen and oxygen atoms in total. The van der Waals surface area contributed by atoms with Crippen molar-refractivity contribution in [2.75, 3.05) is 31.1 Å². The molecule has 1 unspecified atom stereocenters. The molecule has 148 valence electrons. The number of hydrogen-bond acceptors (Lipinski definition) is 3. The van der Waals surface area contributed by atoms with Gasteiger partial charge in [-0.2, -0.15) is 0 Å². The van der Waals surface area contributed by atoms with Crippen LogP contribution in [0, 0.1) is 11.8 Å². The molecule has 1 amide bonds. The normalized spacial score (nSPS) is 19.8. The average molecular weight is 402 g/mol. The van der Waals surface area contributed by atoms with E-state index in [-0.39, 0.29) is 30.7 Å². The SMILES string of the molecule is CC(CC(=O)NC1CCN(c2ccccc2)CC1)C1CCNCC1.Cl.Cl. The summed E-state index contributed by atoms with van der Waals surface area (Å²) < 4.78 is 0. The van der Waals surface area contributed by atoms with E-state index in [4.69, 9.17) is 0 Å². The summed E-state index contributed by atoms with van der Waals surface area (Å²) in [5.41, 5.74) is 1.29. The Morgan fingerprint density at radius 3 is 2.35 bits per heavy atom. The maximum Gasteiger partial charge on any atom is 0.220 e. The molecule has 1 atom stereocenters. The zero-order chi connectivity index (χ0) is 16.8. The molecule has 0 bridgehead atoms. The summed E-state index contributed by atoms with van der Waals surface area (Å²) in [7, 11) is 0. The van der Waals surface area contributed by atoms with Crippen molar-refractivity contribution < 1.29 is 4.79 Å². The third-order valence-electron chi connectivity index (χ3n) is 5.68. The van der Waals surface area contributed by atoms with E-state index in [1.54, 1.807) is 0 Å². The molecule has 0 aromatic heterocycles. The Hall–Kier alpha value is -0.970. The maximum absolute atomic E-state index is 12.4. The first-order chi connectivity index (χ1) is 11.7. The summed E-state index contributed by atoms with van der Waals surface area (Å²) in [5.74, 6) is 1.45. The number of carbonyl (C=O) groups excluding carboxylic acids is 1. The fraction of sp³-hybridized carbons (Fsp3) is 0.650. The minimum absolute atomic E-state index is 0. The number of carbonyl (C=O) groups is 1. The molecule has 0 spiro atoms. The van der Waals surface area contributed by atoms with Crippen LogP contribution < -0.4 is 15.5 Å². The second kappa shape index (κ2) is 11.7. The van der Waals surface area contributed by atoms with E-state index in [0.29, 0.717) is 24.3 Å². The van der Waals surface area contributed by atoms with Gasteiger partial charge in [0.15, 0.2) is 0 Å². The van der Waals surface area contributed by atoms with Crippen molar-refractivity contribution in [3.63, 3.8) is 0 Å². The third-order valence-corrected chi connectivity index (χ3v) is 5.68. The van der Waals surface area contributed by atoms with Gasteiger partial charge < -0.3 is 15.5 Å². The number of benzene rings is 1. The second-order valence-electron chi connectivity index (χ2n) is 7.43. The van der Waals surface area contributed by atoms with Crippen LogP contribution in [0.15, 0.2) is 30.3 Å². The molecule has 2 saturated heterocycles. The molecule has 0 aliphatic carbocycles. The summed E-state index contributed by atoms with van der Waals surface area (Å²) in [4.78, 5) is 14.8. The summed E-state index contributed by atoms with van der Waals surface area (Å²) in [6.07, 6.45) is 5.20. The molecule has 2 N–H and O–H groups in total. The van der Waals surface area contributed by atoms with E-state index >= 15 is 0 Å². The van der Waals surface area contributed by atoms with Crippen LogP contribution in [0.25, 0.3) is 0 Å². The fourth-order valence-corrected chi connectivity index (χ4v) is 4.08. The Bertz CT molecular complexity index is 515. The Morgan fingerprint density at radius 2 is 1.73 bits per heavy atom. The van der Waals surface area contributed by atoms with E-state index in [0.717, 1.165) is 39.0 Å². The quantitative estimate of drug-likeness (QED) is 0.791. The standard InChI is InChI=1S/C20H31N3O.2ClH/c1-16(17-7-11-21-12-8-17)15-20(24)22-18-9-13-23(14-10-18)19-5-3-2-4-6-19;;/h2-6,16-18,21H,7-15H2,1H3,(H,22,24);2*1H. The predicted molar refractivity (Wildman–Crippen MR) is 114 cm³/mol. The van der Waals surface area contributed by atoms with Crippen LogP contribution in [-0.4, -0.2) is 38.1 Å². The third kappa shape index (κ3) is 6.64. The van der Waals surface area contributed by atoms with Crippen molar-refractivity contribution in [1.29, 1.82) is 0 Å². The van der Waals surface area contributed by atoms with Crippen LogP contribution in [0.1, 0.15) is 39.0 Å². The highest BCUT2D eigenvalue weighted by Gasteiger charge is 2.24. The van der Waals surface area contributed by atoms with Crippen molar-refractivity contribution in [2.24, 2.45) is 11.8 Å². The number of halogens is 2. The van der Waals surface area contributed by atoms with E-state index < -0.39 is 0 Å². The van der Waals surface area contributed by atoms with Crippen molar-refractivity contribution in [3.8, 4) is 0 Å². The van der Waals surface area contributed by atoms with E-state index in [1.807, 2.05) is 0 Å². The Morgan fingerprint density at radius 1 is 1.12 bits per heavy atom. The van der Waals surface area contributed by atoms with Crippen LogP contribution in [0.4, 0.5) is 5.69 Å². The van der Waals surface area contributed by atoms with Gasteiger partial charge in [0.1, 0.15) is 0 Å². The predicted octanol–water partition coefficient (Wildman–Crippen LogP) is 3.64. The summed E-state index contributed by atoms with van der Waals surface area (Å²) in [5, 5.41) is 6.68. The van der Waals surface area contributed by atoms with Crippen LogP contribution in [0.2, 0.25) is 0 Å². The lowest BCUT2D eigenvalue weighted by atomic mass is 9.84. The maximum atomic E-state index is 12.4. The van der Waals surface area contributed by atoms with E-state index in [2.05, 4.69) is 52.8 Å². The van der Waals surface area contributed by atoms with Crippen LogP contribution in [0.3, 0.4) is 0 Å². The lowest BCUT2D eigenvalue weighted by Gasteiger charge is -2.34. The van der Waals surface area contributed by atoms with Gasteiger partial charge in [-0.3, -0.25) is 4.79 Å². The number of nitrogens with one attached hydrogen (secondary N) is 2. The van der Waals surface area contributed by atoms with Gasteiger partial charge in [-0.1, -0.05) is 25.1 Å². The minimum atomic E-state index is 0. The lowest BCUT2D eigenvalue weighted by molar-refractivity contribution is -0.123. The van der Waals surface area contributed by atoms with Crippen molar-refractivity contribution >= 4 is 36.4 Å². The summed E-state index contributed by atoms with van der Waals surface area (Å²) in [6.45, 7) is 6.51. The lowest BCUT2D eigenvalue weighted by Crippen LogP contribution is -2.45. The summed E-state index contributed by atoms with van der Waals surface area (Å²) >= 11 is 0. The molecular weight excluding hydrogens is 369 g/mol. The first kappa shape index (κ1) is 23.1. The molecular formula is C20H33Cl2N3O. The highest BCUT2D eigenvalue weighted by Crippen LogP contribution is 2.24. The monoisotopic (exact) mass is 401 g/mol. The fourth-order valence-electron chi connectivity index (χ4n) is 4.08. The van der Waals surface area contributed by atoms with Gasteiger partial charge in [0, 0.05) is 31.2 Å². The van der Waals surface area contributed by atoms with Gasteiger partial charge >= 0.3 is 0 Å². The highest BCUT2D eigenvalue weighted by molar-refractivity contribution is 5.85. The molecule has 2 aliphatic rings. The van der Waals surface area contributed by atoms with Crippen molar-refractivity contribution in [1.82, 2.24) is 10.6 Å². The zero-order valence-corrected chi connectivity index (χ0v) is 17.3. The van der Waals surface area contributed by atoms with Gasteiger partial charge in [-0.15, -0.1) is 24.8 Å². The Kier molecular flexibility index (Phi) is 10.4. The Balaban J connectivity index is 0.00000169. The van der Waals surface area contributed by atoms with Crippen LogP contribution in [0.5, 0.6) is 0 Å². The van der Waals surface area contributed by atoms with Crippen LogP contribution >= 0.6 is 24.8 Å². The van der Waals surface area contributed by atoms with Gasteiger partial charge in [-0.25, -0.2) is 0 Å². The molecule has 2 aliphatic heterocycles. The number of para-hydroxylation sites is 1.